The first-order valence-corrected chi connectivity index (χ1v) is 5.09. The zero-order valence-corrected chi connectivity index (χ0v) is 9.35. The van der Waals surface area contributed by atoms with Crippen molar-refractivity contribution in [3.63, 3.8) is 0 Å². The summed E-state index contributed by atoms with van der Waals surface area (Å²) in [6, 6.07) is 4.60. The van der Waals surface area contributed by atoms with Gasteiger partial charge in [0, 0.05) is 30.1 Å². The lowest BCUT2D eigenvalue weighted by Gasteiger charge is -2.04. The van der Waals surface area contributed by atoms with Crippen molar-refractivity contribution in [3.8, 4) is 17.1 Å². The number of nitrogens with zero attached hydrogens (tertiary/aromatic N) is 2. The number of hydrogen-bond donors (Lipinski definition) is 1. The summed E-state index contributed by atoms with van der Waals surface area (Å²) in [6.45, 7) is 0.386. The average molecular weight is 233 g/mol. The fourth-order valence-electron chi connectivity index (χ4n) is 1.41. The van der Waals surface area contributed by atoms with Gasteiger partial charge in [-0.05, 0) is 18.2 Å². The Bertz CT molecular complexity index is 514. The van der Waals surface area contributed by atoms with Crippen molar-refractivity contribution >= 4 is 0 Å². The zero-order chi connectivity index (χ0) is 12.3. The van der Waals surface area contributed by atoms with Crippen molar-refractivity contribution in [2.75, 3.05) is 7.11 Å². The predicted molar refractivity (Wildman–Crippen MR) is 61.9 cm³/mol. The van der Waals surface area contributed by atoms with Gasteiger partial charge in [-0.2, -0.15) is 0 Å². The number of halogens is 1. The van der Waals surface area contributed by atoms with E-state index in [0.29, 0.717) is 17.9 Å². The van der Waals surface area contributed by atoms with Crippen molar-refractivity contribution in [2.24, 2.45) is 5.73 Å². The molecule has 4 nitrogen and oxygen atoms in total. The van der Waals surface area contributed by atoms with E-state index in [-0.39, 0.29) is 5.75 Å². The van der Waals surface area contributed by atoms with Crippen LogP contribution in [0.2, 0.25) is 0 Å². The van der Waals surface area contributed by atoms with E-state index in [1.54, 1.807) is 24.5 Å². The van der Waals surface area contributed by atoms with Crippen molar-refractivity contribution in [1.82, 2.24) is 9.97 Å². The van der Waals surface area contributed by atoms with E-state index in [1.807, 2.05) is 0 Å². The second-order valence-electron chi connectivity index (χ2n) is 3.47. The fraction of sp³-hybridized carbons (Fsp3) is 0.167. The van der Waals surface area contributed by atoms with Gasteiger partial charge in [-0.25, -0.2) is 14.4 Å². The minimum Gasteiger partial charge on any atom is -0.494 e. The molecule has 2 aromatic rings. The Kier molecular flexibility index (Phi) is 3.30. The molecule has 88 valence electrons. The van der Waals surface area contributed by atoms with E-state index >= 15 is 0 Å². The Balaban J connectivity index is 2.35. The predicted octanol–water partition coefficient (Wildman–Crippen LogP) is 1.75. The third kappa shape index (κ3) is 2.39. The molecule has 0 amide bonds. The lowest BCUT2D eigenvalue weighted by Crippen LogP contribution is -1.99. The minimum atomic E-state index is -0.434. The van der Waals surface area contributed by atoms with Crippen molar-refractivity contribution in [3.05, 3.63) is 42.0 Å². The molecule has 2 rings (SSSR count). The fourth-order valence-corrected chi connectivity index (χ4v) is 1.41. The van der Waals surface area contributed by atoms with E-state index in [9.17, 15) is 4.39 Å². The normalized spacial score (nSPS) is 10.3. The average Bonchev–Trinajstić information content (AvgIpc) is 2.39. The second kappa shape index (κ2) is 4.88. The number of benzene rings is 1. The standard InChI is InChI=1S/C12H12FN3O/c1-17-11-3-2-9(4-10(11)13)12-15-6-8(5-14)7-16-12/h2-4,6-7H,5,14H2,1H3. The summed E-state index contributed by atoms with van der Waals surface area (Å²) in [5.74, 6) is 0.229. The lowest BCUT2D eigenvalue weighted by atomic mass is 10.2. The first kappa shape index (κ1) is 11.5. The van der Waals surface area contributed by atoms with E-state index in [4.69, 9.17) is 10.5 Å². The Morgan fingerprint density at radius 1 is 1.29 bits per heavy atom. The molecule has 0 spiro atoms. The molecule has 2 N–H and O–H groups in total. The molecule has 0 atom stereocenters. The van der Waals surface area contributed by atoms with Gasteiger partial charge in [0.1, 0.15) is 0 Å². The van der Waals surface area contributed by atoms with Crippen LogP contribution in [0, 0.1) is 5.82 Å². The van der Waals surface area contributed by atoms with Gasteiger partial charge in [0.15, 0.2) is 17.4 Å². The number of rotatable bonds is 3. The SMILES string of the molecule is COc1ccc(-c2ncc(CN)cn2)cc1F. The summed E-state index contributed by atoms with van der Waals surface area (Å²) < 4.78 is 18.3. The summed E-state index contributed by atoms with van der Waals surface area (Å²) in [4.78, 5) is 8.24. The highest BCUT2D eigenvalue weighted by atomic mass is 19.1. The Morgan fingerprint density at radius 3 is 2.53 bits per heavy atom. The number of nitrogens with two attached hydrogens (primary N) is 1. The molecule has 0 bridgehead atoms. The van der Waals surface area contributed by atoms with Crippen LogP contribution in [0.5, 0.6) is 5.75 Å². The van der Waals surface area contributed by atoms with Gasteiger partial charge >= 0.3 is 0 Å². The summed E-state index contributed by atoms with van der Waals surface area (Å²) in [5, 5.41) is 0. The summed E-state index contributed by atoms with van der Waals surface area (Å²) in [6.07, 6.45) is 3.26. The molecule has 0 aliphatic carbocycles. The van der Waals surface area contributed by atoms with Gasteiger partial charge < -0.3 is 10.5 Å². The maximum atomic E-state index is 13.5. The molecule has 17 heavy (non-hydrogen) atoms. The van der Waals surface area contributed by atoms with Crippen molar-refractivity contribution in [2.45, 2.75) is 6.54 Å². The Hall–Kier alpha value is -2.01. The largest absolute Gasteiger partial charge is 0.494 e. The van der Waals surface area contributed by atoms with E-state index in [2.05, 4.69) is 9.97 Å². The third-order valence-corrected chi connectivity index (χ3v) is 2.35. The number of hydrogen-bond acceptors (Lipinski definition) is 4. The van der Waals surface area contributed by atoms with Crippen LogP contribution in [0.4, 0.5) is 4.39 Å². The first-order valence-electron chi connectivity index (χ1n) is 5.09. The molecule has 0 radical (unpaired) electrons. The molecule has 0 saturated heterocycles. The molecule has 0 saturated carbocycles. The van der Waals surface area contributed by atoms with Crippen LogP contribution in [-0.2, 0) is 6.54 Å². The van der Waals surface area contributed by atoms with Crippen molar-refractivity contribution in [1.29, 1.82) is 0 Å². The molecule has 0 aliphatic rings. The molecule has 1 aromatic heterocycles. The zero-order valence-electron chi connectivity index (χ0n) is 9.35. The monoisotopic (exact) mass is 233 g/mol. The van der Waals surface area contributed by atoms with Crippen LogP contribution in [0.1, 0.15) is 5.56 Å². The number of aromatic nitrogens is 2. The third-order valence-electron chi connectivity index (χ3n) is 2.35. The highest BCUT2D eigenvalue weighted by molar-refractivity contribution is 5.56. The number of ether oxygens (including phenoxy) is 1. The Labute approximate surface area is 98.3 Å². The molecule has 0 aliphatic heterocycles. The molecular weight excluding hydrogens is 221 g/mol. The molecule has 1 heterocycles. The van der Waals surface area contributed by atoms with Crippen LogP contribution >= 0.6 is 0 Å². The maximum absolute atomic E-state index is 13.5. The summed E-state index contributed by atoms with van der Waals surface area (Å²) in [7, 11) is 1.42. The topological polar surface area (TPSA) is 61.0 Å². The van der Waals surface area contributed by atoms with Crippen LogP contribution in [-0.4, -0.2) is 17.1 Å². The molecule has 5 heteroatoms. The van der Waals surface area contributed by atoms with E-state index in [1.165, 1.54) is 13.2 Å². The van der Waals surface area contributed by atoms with Crippen LogP contribution in [0.3, 0.4) is 0 Å². The number of methoxy groups -OCH3 is 1. The van der Waals surface area contributed by atoms with Crippen LogP contribution < -0.4 is 10.5 Å². The van der Waals surface area contributed by atoms with E-state index < -0.39 is 5.82 Å². The quantitative estimate of drug-likeness (QED) is 0.877. The summed E-state index contributed by atoms with van der Waals surface area (Å²) >= 11 is 0. The van der Waals surface area contributed by atoms with Gasteiger partial charge in [-0.15, -0.1) is 0 Å². The van der Waals surface area contributed by atoms with Gasteiger partial charge in [-0.1, -0.05) is 0 Å². The molecule has 0 unspecified atom stereocenters. The molecule has 0 fully saturated rings. The molecular formula is C12H12FN3O. The lowest BCUT2D eigenvalue weighted by molar-refractivity contribution is 0.386. The first-order chi connectivity index (χ1) is 8.24. The van der Waals surface area contributed by atoms with Gasteiger partial charge in [0.2, 0.25) is 0 Å². The minimum absolute atomic E-state index is 0.201. The van der Waals surface area contributed by atoms with Crippen LogP contribution in [0.25, 0.3) is 11.4 Å². The Morgan fingerprint density at radius 2 is 2.00 bits per heavy atom. The highest BCUT2D eigenvalue weighted by Gasteiger charge is 2.06. The molecule has 1 aromatic carbocycles. The van der Waals surface area contributed by atoms with Gasteiger partial charge in [0.25, 0.3) is 0 Å². The van der Waals surface area contributed by atoms with Crippen molar-refractivity contribution < 1.29 is 9.13 Å². The van der Waals surface area contributed by atoms with Gasteiger partial charge in [-0.3, -0.25) is 0 Å². The highest BCUT2D eigenvalue weighted by Crippen LogP contribution is 2.22. The van der Waals surface area contributed by atoms with Crippen LogP contribution in [0.15, 0.2) is 30.6 Å². The summed E-state index contributed by atoms with van der Waals surface area (Å²) in [5.41, 5.74) is 6.88. The van der Waals surface area contributed by atoms with Gasteiger partial charge in [0.05, 0.1) is 7.11 Å². The van der Waals surface area contributed by atoms with E-state index in [0.717, 1.165) is 5.56 Å². The maximum Gasteiger partial charge on any atom is 0.165 e. The second-order valence-corrected chi connectivity index (χ2v) is 3.47. The smallest absolute Gasteiger partial charge is 0.165 e.